The quantitative estimate of drug-likeness (QED) is 0.628. The topological polar surface area (TPSA) is 108 Å². The minimum atomic E-state index is -0.619. The van der Waals surface area contributed by atoms with Gasteiger partial charge in [0.1, 0.15) is 6.04 Å². The van der Waals surface area contributed by atoms with E-state index in [9.17, 15) is 19.2 Å². The zero-order valence-electron chi connectivity index (χ0n) is 17.9. The molecule has 0 spiro atoms. The van der Waals surface area contributed by atoms with Gasteiger partial charge in [0, 0.05) is 31.1 Å². The van der Waals surface area contributed by atoms with Crippen LogP contribution in [0.2, 0.25) is 0 Å². The lowest BCUT2D eigenvalue weighted by Crippen LogP contribution is -2.52. The minimum absolute atomic E-state index is 0.143. The first kappa shape index (κ1) is 21.3. The van der Waals surface area contributed by atoms with Gasteiger partial charge >= 0.3 is 6.03 Å². The highest BCUT2D eigenvalue weighted by molar-refractivity contribution is 6.05. The highest BCUT2D eigenvalue weighted by atomic mass is 16.2. The van der Waals surface area contributed by atoms with Gasteiger partial charge < -0.3 is 15.5 Å². The number of nitrogens with zero attached hydrogens (tertiary/aromatic N) is 1. The monoisotopic (exact) mass is 426 g/mol. The molecule has 1 aliphatic carbocycles. The summed E-state index contributed by atoms with van der Waals surface area (Å²) in [7, 11) is 0. The Morgan fingerprint density at radius 1 is 1.16 bits per heavy atom. The number of hydrogen-bond acceptors (Lipinski definition) is 4. The molecule has 1 saturated heterocycles. The number of piperidine rings is 1. The van der Waals surface area contributed by atoms with Crippen molar-refractivity contribution in [1.29, 1.82) is 0 Å². The van der Waals surface area contributed by atoms with Gasteiger partial charge in [0.05, 0.1) is 0 Å². The van der Waals surface area contributed by atoms with Gasteiger partial charge in [0.15, 0.2) is 0 Å². The molecule has 1 aromatic carbocycles. The zero-order chi connectivity index (χ0) is 22.0. The van der Waals surface area contributed by atoms with Crippen LogP contribution in [0.3, 0.4) is 0 Å². The number of amides is 5. The minimum Gasteiger partial charge on any atom is -0.335 e. The van der Waals surface area contributed by atoms with Crippen LogP contribution >= 0.6 is 0 Å². The van der Waals surface area contributed by atoms with E-state index in [2.05, 4.69) is 22.9 Å². The summed E-state index contributed by atoms with van der Waals surface area (Å²) in [6, 6.07) is 4.88. The summed E-state index contributed by atoms with van der Waals surface area (Å²) in [5.41, 5.74) is 2.24. The SMILES string of the molecule is C[C@H](NC(=O)NCc1ccc2c(c1)C(=O)N(C1CCC(=O)NC1=O)C2)C1CCCCC1. The van der Waals surface area contributed by atoms with Crippen molar-refractivity contribution in [3.8, 4) is 0 Å². The van der Waals surface area contributed by atoms with E-state index in [-0.39, 0.29) is 30.3 Å². The number of imide groups is 1. The Labute approximate surface area is 182 Å². The standard InChI is InChI=1S/C23H30N4O4/c1-14(16-5-3-2-4-6-16)25-23(31)24-12-15-7-8-17-13-27(22(30)18(17)11-15)19-9-10-20(28)26-21(19)29/h7-8,11,14,16,19H,2-6,9-10,12-13H2,1H3,(H2,24,25,31)(H,26,28,29)/t14-,19?/m0/s1. The Kier molecular flexibility index (Phi) is 6.25. The molecule has 5 amide bonds. The lowest BCUT2D eigenvalue weighted by Gasteiger charge is -2.29. The van der Waals surface area contributed by atoms with Crippen molar-refractivity contribution in [3.63, 3.8) is 0 Å². The summed E-state index contributed by atoms with van der Waals surface area (Å²) >= 11 is 0. The van der Waals surface area contributed by atoms with Crippen LogP contribution in [0.1, 0.15) is 73.4 Å². The highest BCUT2D eigenvalue weighted by Crippen LogP contribution is 2.28. The number of urea groups is 1. The third-order valence-electron chi connectivity index (χ3n) is 6.76. The molecule has 2 aliphatic heterocycles. The van der Waals surface area contributed by atoms with E-state index in [1.54, 1.807) is 6.07 Å². The highest BCUT2D eigenvalue weighted by Gasteiger charge is 2.39. The predicted molar refractivity (Wildman–Crippen MR) is 114 cm³/mol. The molecular formula is C23H30N4O4. The molecule has 1 unspecified atom stereocenters. The van der Waals surface area contributed by atoms with E-state index in [0.717, 1.165) is 24.0 Å². The van der Waals surface area contributed by atoms with E-state index < -0.39 is 11.9 Å². The normalized spacial score (nSPS) is 22.7. The van der Waals surface area contributed by atoms with Crippen molar-refractivity contribution < 1.29 is 19.2 Å². The van der Waals surface area contributed by atoms with Crippen molar-refractivity contribution in [2.24, 2.45) is 5.92 Å². The Morgan fingerprint density at radius 3 is 2.68 bits per heavy atom. The molecular weight excluding hydrogens is 396 g/mol. The molecule has 2 fully saturated rings. The molecule has 0 aromatic heterocycles. The Bertz CT molecular complexity index is 894. The number of rotatable bonds is 5. The smallest absolute Gasteiger partial charge is 0.315 e. The molecule has 2 heterocycles. The Morgan fingerprint density at radius 2 is 1.94 bits per heavy atom. The molecule has 1 saturated carbocycles. The van der Waals surface area contributed by atoms with E-state index in [4.69, 9.17) is 0 Å². The van der Waals surface area contributed by atoms with E-state index in [1.165, 1.54) is 24.2 Å². The number of carbonyl (C=O) groups excluding carboxylic acids is 4. The first-order valence-electron chi connectivity index (χ1n) is 11.2. The zero-order valence-corrected chi connectivity index (χ0v) is 17.9. The number of benzene rings is 1. The van der Waals surface area contributed by atoms with Gasteiger partial charge in [0.2, 0.25) is 11.8 Å². The molecule has 31 heavy (non-hydrogen) atoms. The molecule has 8 nitrogen and oxygen atoms in total. The van der Waals surface area contributed by atoms with Crippen LogP contribution in [0.25, 0.3) is 0 Å². The molecule has 3 aliphatic rings. The van der Waals surface area contributed by atoms with Crippen molar-refractivity contribution >= 4 is 23.8 Å². The van der Waals surface area contributed by atoms with Crippen molar-refractivity contribution in [1.82, 2.24) is 20.9 Å². The van der Waals surface area contributed by atoms with Crippen LogP contribution in [-0.4, -0.2) is 40.7 Å². The molecule has 166 valence electrons. The maximum Gasteiger partial charge on any atom is 0.315 e. The fourth-order valence-corrected chi connectivity index (χ4v) is 4.90. The second kappa shape index (κ2) is 9.08. The van der Waals surface area contributed by atoms with Crippen LogP contribution < -0.4 is 16.0 Å². The summed E-state index contributed by atoms with van der Waals surface area (Å²) in [6.07, 6.45) is 6.66. The van der Waals surface area contributed by atoms with Gasteiger partial charge in [-0.25, -0.2) is 4.79 Å². The lowest BCUT2D eigenvalue weighted by molar-refractivity contribution is -0.136. The van der Waals surface area contributed by atoms with Crippen LogP contribution in [-0.2, 0) is 22.7 Å². The first-order valence-corrected chi connectivity index (χ1v) is 11.2. The second-order valence-corrected chi connectivity index (χ2v) is 8.91. The van der Waals surface area contributed by atoms with Gasteiger partial charge in [-0.15, -0.1) is 0 Å². The number of hydrogen-bond donors (Lipinski definition) is 3. The number of carbonyl (C=O) groups is 4. The van der Waals surface area contributed by atoms with Gasteiger partial charge in [0.25, 0.3) is 5.91 Å². The van der Waals surface area contributed by atoms with Gasteiger partial charge in [-0.3, -0.25) is 19.7 Å². The maximum absolute atomic E-state index is 12.9. The molecule has 8 heteroatoms. The first-order chi connectivity index (χ1) is 14.9. The van der Waals surface area contributed by atoms with E-state index in [0.29, 0.717) is 31.0 Å². The average molecular weight is 427 g/mol. The number of fused-ring (bicyclic) bond motifs is 1. The Balaban J connectivity index is 1.33. The Hall–Kier alpha value is -2.90. The number of nitrogens with one attached hydrogen (secondary N) is 3. The molecule has 0 radical (unpaired) electrons. The van der Waals surface area contributed by atoms with Crippen LogP contribution in [0.15, 0.2) is 18.2 Å². The van der Waals surface area contributed by atoms with Gasteiger partial charge in [-0.05, 0) is 49.3 Å². The van der Waals surface area contributed by atoms with Crippen molar-refractivity contribution in [2.75, 3.05) is 0 Å². The average Bonchev–Trinajstić information content (AvgIpc) is 3.08. The van der Waals surface area contributed by atoms with E-state index in [1.807, 2.05) is 12.1 Å². The second-order valence-electron chi connectivity index (χ2n) is 8.91. The van der Waals surface area contributed by atoms with Gasteiger partial charge in [-0.2, -0.15) is 0 Å². The summed E-state index contributed by atoms with van der Waals surface area (Å²) in [4.78, 5) is 50.3. The summed E-state index contributed by atoms with van der Waals surface area (Å²) in [5, 5.41) is 8.24. The maximum atomic E-state index is 12.9. The summed E-state index contributed by atoms with van der Waals surface area (Å²) in [6.45, 7) is 2.74. The van der Waals surface area contributed by atoms with E-state index >= 15 is 0 Å². The van der Waals surface area contributed by atoms with Crippen molar-refractivity contribution in [3.05, 3.63) is 34.9 Å². The molecule has 1 aromatic rings. The van der Waals surface area contributed by atoms with Crippen LogP contribution in [0.4, 0.5) is 4.79 Å². The third kappa shape index (κ3) is 4.73. The molecule has 4 rings (SSSR count). The van der Waals surface area contributed by atoms with Gasteiger partial charge in [-0.1, -0.05) is 31.4 Å². The van der Waals surface area contributed by atoms with Crippen LogP contribution in [0, 0.1) is 5.92 Å². The third-order valence-corrected chi connectivity index (χ3v) is 6.76. The molecule has 0 bridgehead atoms. The summed E-state index contributed by atoms with van der Waals surface area (Å²) in [5.74, 6) is -0.380. The largest absolute Gasteiger partial charge is 0.335 e. The fourth-order valence-electron chi connectivity index (χ4n) is 4.90. The predicted octanol–water partition coefficient (Wildman–Crippen LogP) is 2.22. The fraction of sp³-hybridized carbons (Fsp3) is 0.565. The molecule has 3 N–H and O–H groups in total. The molecule has 2 atom stereocenters. The van der Waals surface area contributed by atoms with Crippen LogP contribution in [0.5, 0.6) is 0 Å². The van der Waals surface area contributed by atoms with Crippen molar-refractivity contribution in [2.45, 2.75) is 77.0 Å². The lowest BCUT2D eigenvalue weighted by atomic mass is 9.85. The summed E-state index contributed by atoms with van der Waals surface area (Å²) < 4.78 is 0.